The summed E-state index contributed by atoms with van der Waals surface area (Å²) in [6, 6.07) is 0.385. The highest BCUT2D eigenvalue weighted by Gasteiger charge is 2.45. The lowest BCUT2D eigenvalue weighted by Gasteiger charge is -2.50. The Morgan fingerprint density at radius 3 is 2.42 bits per heavy atom. The van der Waals surface area contributed by atoms with Gasteiger partial charge in [0.05, 0.1) is 6.61 Å². The van der Waals surface area contributed by atoms with Crippen LogP contribution >= 0.6 is 0 Å². The van der Waals surface area contributed by atoms with E-state index in [1.807, 2.05) is 0 Å². The van der Waals surface area contributed by atoms with Gasteiger partial charge in [-0.25, -0.2) is 0 Å². The molecule has 2 rings (SSSR count). The highest BCUT2D eigenvalue weighted by molar-refractivity contribution is 4.99. The standard InChI is InChI=1S/C10H19NO/c1-9(6-12)11-7-10(8-11)4-2-3-5-10/h9,12H,2-8H2,1H3/t9-/m0/s1. The van der Waals surface area contributed by atoms with Crippen molar-refractivity contribution < 1.29 is 5.11 Å². The molecule has 1 aliphatic carbocycles. The lowest BCUT2D eigenvalue weighted by molar-refractivity contribution is -0.0360. The molecule has 0 aromatic heterocycles. The minimum absolute atomic E-state index is 0.316. The maximum absolute atomic E-state index is 8.96. The monoisotopic (exact) mass is 169 g/mol. The first kappa shape index (κ1) is 8.52. The molecule has 0 aromatic carbocycles. The fourth-order valence-corrected chi connectivity index (χ4v) is 2.68. The molecule has 0 radical (unpaired) electrons. The molecule has 2 heteroatoms. The van der Waals surface area contributed by atoms with Crippen molar-refractivity contribution >= 4 is 0 Å². The summed E-state index contributed by atoms with van der Waals surface area (Å²) in [6.45, 7) is 4.92. The van der Waals surface area contributed by atoms with Crippen LogP contribution in [0.15, 0.2) is 0 Å². The summed E-state index contributed by atoms with van der Waals surface area (Å²) in [5.41, 5.74) is 0.684. The van der Waals surface area contributed by atoms with Gasteiger partial charge in [-0.1, -0.05) is 12.8 Å². The molecule has 2 nitrogen and oxygen atoms in total. The van der Waals surface area contributed by atoms with Gasteiger partial charge in [-0.15, -0.1) is 0 Å². The maximum atomic E-state index is 8.96. The predicted molar refractivity (Wildman–Crippen MR) is 49.0 cm³/mol. The maximum Gasteiger partial charge on any atom is 0.0584 e. The van der Waals surface area contributed by atoms with E-state index >= 15 is 0 Å². The van der Waals surface area contributed by atoms with Crippen molar-refractivity contribution in [1.29, 1.82) is 0 Å². The van der Waals surface area contributed by atoms with E-state index in [2.05, 4.69) is 11.8 Å². The van der Waals surface area contributed by atoms with Crippen LogP contribution in [0.1, 0.15) is 32.6 Å². The largest absolute Gasteiger partial charge is 0.395 e. The molecular formula is C10H19NO. The molecule has 2 fully saturated rings. The van der Waals surface area contributed by atoms with Crippen molar-refractivity contribution in [3.63, 3.8) is 0 Å². The molecule has 0 amide bonds. The Bertz CT molecular complexity index is 155. The summed E-state index contributed by atoms with van der Waals surface area (Å²) in [6.07, 6.45) is 5.73. The molecule has 1 spiro atoms. The second kappa shape index (κ2) is 3.00. The molecule has 1 N–H and O–H groups in total. The van der Waals surface area contributed by atoms with Crippen LogP contribution in [0.25, 0.3) is 0 Å². The number of hydrogen-bond donors (Lipinski definition) is 1. The van der Waals surface area contributed by atoms with E-state index < -0.39 is 0 Å². The van der Waals surface area contributed by atoms with E-state index in [1.54, 1.807) is 0 Å². The molecule has 1 saturated carbocycles. The quantitative estimate of drug-likeness (QED) is 0.672. The number of nitrogens with zero attached hydrogens (tertiary/aromatic N) is 1. The fraction of sp³-hybridized carbons (Fsp3) is 1.00. The van der Waals surface area contributed by atoms with Gasteiger partial charge in [0.15, 0.2) is 0 Å². The van der Waals surface area contributed by atoms with Crippen LogP contribution in [0.4, 0.5) is 0 Å². The van der Waals surface area contributed by atoms with Gasteiger partial charge in [0.25, 0.3) is 0 Å². The average molecular weight is 169 g/mol. The summed E-state index contributed by atoms with van der Waals surface area (Å²) in [5, 5.41) is 8.96. The Hall–Kier alpha value is -0.0800. The van der Waals surface area contributed by atoms with Gasteiger partial charge in [0.1, 0.15) is 0 Å². The second-order valence-corrected chi connectivity index (χ2v) is 4.64. The topological polar surface area (TPSA) is 23.5 Å². The molecular weight excluding hydrogens is 150 g/mol. The van der Waals surface area contributed by atoms with Crippen LogP contribution in [0.3, 0.4) is 0 Å². The molecule has 12 heavy (non-hydrogen) atoms. The normalized spacial score (nSPS) is 30.5. The van der Waals surface area contributed by atoms with Crippen LogP contribution in [0.5, 0.6) is 0 Å². The van der Waals surface area contributed by atoms with E-state index in [0.29, 0.717) is 18.1 Å². The third-order valence-electron chi connectivity index (χ3n) is 3.63. The first-order valence-electron chi connectivity index (χ1n) is 5.11. The van der Waals surface area contributed by atoms with Gasteiger partial charge in [-0.3, -0.25) is 4.90 Å². The Morgan fingerprint density at radius 2 is 1.92 bits per heavy atom. The Balaban J connectivity index is 1.82. The molecule has 1 heterocycles. The summed E-state index contributed by atoms with van der Waals surface area (Å²) < 4.78 is 0. The van der Waals surface area contributed by atoms with E-state index in [4.69, 9.17) is 5.11 Å². The SMILES string of the molecule is C[C@@H](CO)N1CC2(CCCC2)C1. The number of aliphatic hydroxyl groups excluding tert-OH is 1. The van der Waals surface area contributed by atoms with Crippen molar-refractivity contribution in [2.75, 3.05) is 19.7 Å². The lowest BCUT2D eigenvalue weighted by atomic mass is 9.77. The molecule has 2 aliphatic rings. The van der Waals surface area contributed by atoms with E-state index in [9.17, 15) is 0 Å². The summed E-state index contributed by atoms with van der Waals surface area (Å²) in [5.74, 6) is 0. The molecule has 1 saturated heterocycles. The van der Waals surface area contributed by atoms with Crippen molar-refractivity contribution in [3.8, 4) is 0 Å². The zero-order valence-corrected chi connectivity index (χ0v) is 7.92. The minimum atomic E-state index is 0.316. The molecule has 1 aliphatic heterocycles. The first-order valence-corrected chi connectivity index (χ1v) is 5.11. The smallest absolute Gasteiger partial charge is 0.0584 e. The zero-order valence-electron chi connectivity index (χ0n) is 7.92. The van der Waals surface area contributed by atoms with Gasteiger partial charge in [0.2, 0.25) is 0 Å². The van der Waals surface area contributed by atoms with Crippen LogP contribution in [0.2, 0.25) is 0 Å². The Morgan fingerprint density at radius 1 is 1.33 bits per heavy atom. The number of likely N-dealkylation sites (tertiary alicyclic amines) is 1. The van der Waals surface area contributed by atoms with Gasteiger partial charge < -0.3 is 5.11 Å². The van der Waals surface area contributed by atoms with Crippen LogP contribution in [0, 0.1) is 5.41 Å². The fourth-order valence-electron chi connectivity index (χ4n) is 2.68. The van der Waals surface area contributed by atoms with Crippen LogP contribution < -0.4 is 0 Å². The van der Waals surface area contributed by atoms with E-state index in [1.165, 1.54) is 38.8 Å². The third-order valence-corrected chi connectivity index (χ3v) is 3.63. The first-order chi connectivity index (χ1) is 5.76. The highest BCUT2D eigenvalue weighted by atomic mass is 16.3. The molecule has 1 atom stereocenters. The van der Waals surface area contributed by atoms with E-state index in [0.717, 1.165) is 0 Å². The second-order valence-electron chi connectivity index (χ2n) is 4.64. The predicted octanol–water partition coefficient (Wildman–Crippen LogP) is 1.24. The number of hydrogen-bond acceptors (Lipinski definition) is 2. The van der Waals surface area contributed by atoms with Crippen molar-refractivity contribution in [2.24, 2.45) is 5.41 Å². The van der Waals surface area contributed by atoms with Crippen molar-refractivity contribution in [3.05, 3.63) is 0 Å². The van der Waals surface area contributed by atoms with Gasteiger partial charge in [0, 0.05) is 19.1 Å². The zero-order chi connectivity index (χ0) is 8.60. The highest BCUT2D eigenvalue weighted by Crippen LogP contribution is 2.45. The van der Waals surface area contributed by atoms with Gasteiger partial charge >= 0.3 is 0 Å². The summed E-state index contributed by atoms with van der Waals surface area (Å²) in [7, 11) is 0. The Labute approximate surface area is 74.6 Å². The summed E-state index contributed by atoms with van der Waals surface area (Å²) >= 11 is 0. The van der Waals surface area contributed by atoms with E-state index in [-0.39, 0.29) is 0 Å². The van der Waals surface area contributed by atoms with Crippen LogP contribution in [-0.2, 0) is 0 Å². The van der Waals surface area contributed by atoms with Gasteiger partial charge in [-0.2, -0.15) is 0 Å². The molecule has 0 bridgehead atoms. The lowest BCUT2D eigenvalue weighted by Crippen LogP contribution is -2.58. The van der Waals surface area contributed by atoms with Crippen molar-refractivity contribution in [2.45, 2.75) is 38.6 Å². The number of aliphatic hydroxyl groups is 1. The van der Waals surface area contributed by atoms with Gasteiger partial charge in [-0.05, 0) is 25.2 Å². The molecule has 0 aromatic rings. The number of rotatable bonds is 2. The Kier molecular flexibility index (Phi) is 2.13. The minimum Gasteiger partial charge on any atom is -0.395 e. The summed E-state index contributed by atoms with van der Waals surface area (Å²) in [4.78, 5) is 2.41. The molecule has 70 valence electrons. The average Bonchev–Trinajstić information content (AvgIpc) is 2.48. The van der Waals surface area contributed by atoms with Crippen molar-refractivity contribution in [1.82, 2.24) is 4.90 Å². The van der Waals surface area contributed by atoms with Crippen LogP contribution in [-0.4, -0.2) is 35.7 Å². The third kappa shape index (κ3) is 1.27. The molecule has 0 unspecified atom stereocenters.